The Labute approximate surface area is 171 Å². The molecular weight excluding hydrogens is 380 g/mol. The average molecular weight is 409 g/mol. The molecule has 0 fully saturated rings. The third-order valence-electron chi connectivity index (χ3n) is 4.78. The van der Waals surface area contributed by atoms with E-state index in [0.717, 1.165) is 44.0 Å². The minimum absolute atomic E-state index is 0.558. The van der Waals surface area contributed by atoms with Gasteiger partial charge >= 0.3 is 11.9 Å². The number of carbonyl (C=O) groups is 2. The maximum atomic E-state index is 9.55. The number of hydrogen-bond acceptors (Lipinski definition) is 4. The third kappa shape index (κ3) is 6.24. The normalized spacial score (nSPS) is 16.1. The summed E-state index contributed by atoms with van der Waals surface area (Å²) in [5.41, 5.74) is 5.69. The second kappa shape index (κ2) is 10.5. The van der Waals surface area contributed by atoms with Crippen molar-refractivity contribution in [2.45, 2.75) is 39.5 Å². The van der Waals surface area contributed by atoms with Crippen LogP contribution in [0.3, 0.4) is 0 Å². The van der Waals surface area contributed by atoms with Crippen LogP contribution in [0.15, 0.2) is 18.2 Å². The van der Waals surface area contributed by atoms with Crippen molar-refractivity contribution in [3.05, 3.63) is 39.9 Å². The molecule has 3 rings (SSSR count). The first-order chi connectivity index (χ1) is 13.3. The summed E-state index contributed by atoms with van der Waals surface area (Å²) in [5.74, 6) is -1.84. The minimum Gasteiger partial charge on any atom is -0.478 e. The number of anilines is 1. The number of benzene rings is 1. The fourth-order valence-electron chi connectivity index (χ4n) is 3.72. The van der Waals surface area contributed by atoms with Gasteiger partial charge in [0.05, 0.1) is 10.7 Å². The van der Waals surface area contributed by atoms with Crippen molar-refractivity contribution >= 4 is 29.2 Å². The van der Waals surface area contributed by atoms with Gasteiger partial charge in [0.1, 0.15) is 0 Å². The van der Waals surface area contributed by atoms with Crippen molar-refractivity contribution in [3.8, 4) is 0 Å². The summed E-state index contributed by atoms with van der Waals surface area (Å²) >= 11 is 6.83. The smallest absolute Gasteiger partial charge is 0.328 e. The van der Waals surface area contributed by atoms with E-state index in [2.05, 4.69) is 30.1 Å². The van der Waals surface area contributed by atoms with Crippen molar-refractivity contribution < 1.29 is 19.8 Å². The van der Waals surface area contributed by atoms with Crippen LogP contribution in [0.4, 0.5) is 5.69 Å². The number of rotatable bonds is 4. The lowest BCUT2D eigenvalue weighted by atomic mass is 9.92. The molecule has 3 N–H and O–H groups in total. The molecule has 0 amide bonds. The van der Waals surface area contributed by atoms with Gasteiger partial charge in [-0.15, -0.1) is 0 Å². The molecule has 1 aromatic carbocycles. The third-order valence-corrected chi connectivity index (χ3v) is 5.19. The molecule has 0 spiro atoms. The van der Waals surface area contributed by atoms with E-state index in [1.807, 2.05) is 0 Å². The standard InChI is InChI=1S/C17H25ClN2.C4H4O4/c1-12(2)11-20-9-3-4-14-10-13-5-7-19-8-6-15(13)16(18)17(14)20;5-3(6)1-2-4(7)8/h10,12,19H,3-9,11H2,1-2H3;1-2H,(H,5,6)(H,7,8)/b;2-1+. The number of aliphatic carboxylic acids is 2. The summed E-state index contributed by atoms with van der Waals surface area (Å²) in [6.07, 6.45) is 5.74. The molecule has 154 valence electrons. The highest BCUT2D eigenvalue weighted by molar-refractivity contribution is 6.34. The van der Waals surface area contributed by atoms with E-state index in [4.69, 9.17) is 21.8 Å². The number of fused-ring (bicyclic) bond motifs is 2. The quantitative estimate of drug-likeness (QED) is 0.663. The molecular formula is C21H29ClN2O4. The minimum atomic E-state index is -1.26. The van der Waals surface area contributed by atoms with E-state index in [0.29, 0.717) is 18.1 Å². The Morgan fingerprint density at radius 3 is 2.39 bits per heavy atom. The molecule has 0 unspecified atom stereocenters. The Morgan fingerprint density at radius 1 is 1.14 bits per heavy atom. The molecule has 0 aromatic heterocycles. The second-order valence-electron chi connectivity index (χ2n) is 7.54. The zero-order chi connectivity index (χ0) is 20.7. The lowest BCUT2D eigenvalue weighted by Crippen LogP contribution is -2.33. The van der Waals surface area contributed by atoms with Crippen molar-refractivity contribution in [2.75, 3.05) is 31.1 Å². The highest BCUT2D eigenvalue weighted by atomic mass is 35.5. The summed E-state index contributed by atoms with van der Waals surface area (Å²) in [7, 11) is 0. The average Bonchev–Trinajstić information content (AvgIpc) is 2.86. The molecule has 2 aliphatic heterocycles. The van der Waals surface area contributed by atoms with Crippen molar-refractivity contribution in [1.82, 2.24) is 5.32 Å². The Balaban J connectivity index is 0.000000300. The molecule has 7 heteroatoms. The largest absolute Gasteiger partial charge is 0.478 e. The van der Waals surface area contributed by atoms with Crippen molar-refractivity contribution in [3.63, 3.8) is 0 Å². The van der Waals surface area contributed by atoms with Crippen LogP contribution in [0, 0.1) is 5.92 Å². The Bertz CT molecular complexity index is 730. The highest BCUT2D eigenvalue weighted by Gasteiger charge is 2.25. The fraction of sp³-hybridized carbons (Fsp3) is 0.524. The van der Waals surface area contributed by atoms with Crippen LogP contribution >= 0.6 is 11.6 Å². The van der Waals surface area contributed by atoms with Gasteiger partial charge < -0.3 is 20.4 Å². The number of nitrogens with one attached hydrogen (secondary N) is 1. The van der Waals surface area contributed by atoms with Gasteiger partial charge in [-0.25, -0.2) is 9.59 Å². The van der Waals surface area contributed by atoms with Crippen LogP contribution in [0.1, 0.15) is 37.0 Å². The Kier molecular flexibility index (Phi) is 8.33. The fourth-order valence-corrected chi connectivity index (χ4v) is 4.17. The molecule has 2 aliphatic rings. The van der Waals surface area contributed by atoms with Gasteiger partial charge in [-0.2, -0.15) is 0 Å². The van der Waals surface area contributed by atoms with E-state index < -0.39 is 11.9 Å². The molecule has 2 heterocycles. The summed E-state index contributed by atoms with van der Waals surface area (Å²) < 4.78 is 0. The van der Waals surface area contributed by atoms with Gasteiger partial charge in [-0.3, -0.25) is 0 Å². The summed E-state index contributed by atoms with van der Waals surface area (Å²) in [6, 6.07) is 2.44. The molecule has 0 bridgehead atoms. The van der Waals surface area contributed by atoms with Crippen LogP contribution in [-0.2, 0) is 28.9 Å². The number of carboxylic acid groups (broad SMARTS) is 2. The number of aryl methyl sites for hydroxylation is 1. The number of halogens is 1. The van der Waals surface area contributed by atoms with Crippen molar-refractivity contribution in [1.29, 1.82) is 0 Å². The van der Waals surface area contributed by atoms with E-state index in [1.165, 1.54) is 35.2 Å². The second-order valence-corrected chi connectivity index (χ2v) is 7.92. The first-order valence-corrected chi connectivity index (χ1v) is 10.1. The molecule has 0 radical (unpaired) electrons. The van der Waals surface area contributed by atoms with Gasteiger partial charge in [0.25, 0.3) is 0 Å². The molecule has 0 saturated carbocycles. The first kappa shape index (κ1) is 22.2. The Morgan fingerprint density at radius 2 is 1.79 bits per heavy atom. The van der Waals surface area contributed by atoms with Crippen LogP contribution in [0.2, 0.25) is 5.02 Å². The SMILES string of the molecule is CC(C)CN1CCCc2cc3c(c(Cl)c21)CCNCC3.O=C(O)/C=C/C(=O)O. The zero-order valence-electron chi connectivity index (χ0n) is 16.5. The van der Waals surface area contributed by atoms with E-state index in [9.17, 15) is 9.59 Å². The summed E-state index contributed by atoms with van der Waals surface area (Å²) in [5, 5.41) is 20.2. The maximum absolute atomic E-state index is 9.55. The predicted octanol–water partition coefficient (Wildman–Crippen LogP) is 3.15. The lowest BCUT2D eigenvalue weighted by Gasteiger charge is -2.35. The van der Waals surface area contributed by atoms with Crippen LogP contribution < -0.4 is 10.2 Å². The molecule has 0 atom stereocenters. The molecule has 6 nitrogen and oxygen atoms in total. The van der Waals surface area contributed by atoms with Gasteiger partial charge in [0.2, 0.25) is 0 Å². The van der Waals surface area contributed by atoms with E-state index in [-0.39, 0.29) is 0 Å². The van der Waals surface area contributed by atoms with Crippen LogP contribution in [0.5, 0.6) is 0 Å². The van der Waals surface area contributed by atoms with Gasteiger partial charge in [-0.1, -0.05) is 31.5 Å². The molecule has 1 aromatic rings. The maximum Gasteiger partial charge on any atom is 0.328 e. The van der Waals surface area contributed by atoms with Crippen LogP contribution in [0.25, 0.3) is 0 Å². The molecule has 0 aliphatic carbocycles. The van der Waals surface area contributed by atoms with Gasteiger partial charge in [-0.05, 0) is 61.4 Å². The lowest BCUT2D eigenvalue weighted by molar-refractivity contribution is -0.134. The van der Waals surface area contributed by atoms with Crippen LogP contribution in [-0.4, -0.2) is 48.3 Å². The van der Waals surface area contributed by atoms with Gasteiger partial charge in [0, 0.05) is 25.2 Å². The summed E-state index contributed by atoms with van der Waals surface area (Å²) in [4.78, 5) is 21.6. The number of nitrogens with zero attached hydrogens (tertiary/aromatic N) is 1. The van der Waals surface area contributed by atoms with Crippen molar-refractivity contribution in [2.24, 2.45) is 5.92 Å². The number of hydrogen-bond donors (Lipinski definition) is 3. The predicted molar refractivity (Wildman–Crippen MR) is 112 cm³/mol. The molecule has 28 heavy (non-hydrogen) atoms. The van der Waals surface area contributed by atoms with E-state index in [1.54, 1.807) is 0 Å². The highest BCUT2D eigenvalue weighted by Crippen LogP contribution is 2.39. The van der Waals surface area contributed by atoms with E-state index >= 15 is 0 Å². The summed E-state index contributed by atoms with van der Waals surface area (Å²) in [6.45, 7) is 8.98. The zero-order valence-corrected chi connectivity index (χ0v) is 17.3. The molecule has 0 saturated heterocycles. The Hall–Kier alpha value is -2.05. The number of carboxylic acids is 2. The topological polar surface area (TPSA) is 89.9 Å². The first-order valence-electron chi connectivity index (χ1n) is 9.72. The van der Waals surface area contributed by atoms with Gasteiger partial charge in [0.15, 0.2) is 0 Å². The monoisotopic (exact) mass is 408 g/mol.